The van der Waals surface area contributed by atoms with Gasteiger partial charge in [0.1, 0.15) is 12.4 Å². The maximum atomic E-state index is 13.2. The maximum Gasteiger partial charge on any atom is 0.272 e. The highest BCUT2D eigenvalue weighted by molar-refractivity contribution is 9.10. The molecule has 0 atom stereocenters. The third kappa shape index (κ3) is 5.88. The molecule has 0 radical (unpaired) electrons. The molecule has 182 valence electrons. The smallest absolute Gasteiger partial charge is 0.272 e. The molecule has 1 amide bonds. The topological polar surface area (TPSA) is 63.6 Å². The summed E-state index contributed by atoms with van der Waals surface area (Å²) in [7, 11) is 0. The number of hydrogen-bond donors (Lipinski definition) is 1. The number of pyridine rings is 1. The van der Waals surface area contributed by atoms with Crippen LogP contribution in [0.1, 0.15) is 21.5 Å². The second kappa shape index (κ2) is 11.4. The first-order valence-electron chi connectivity index (χ1n) is 11.5. The summed E-state index contributed by atoms with van der Waals surface area (Å²) in [5, 5.41) is 5.62. The minimum atomic E-state index is -0.333. The lowest BCUT2D eigenvalue weighted by molar-refractivity contribution is 0.0956. The number of amides is 1. The van der Waals surface area contributed by atoms with E-state index in [0.29, 0.717) is 28.5 Å². The lowest BCUT2D eigenvalue weighted by Gasteiger charge is -2.11. The number of aromatic nitrogens is 1. The van der Waals surface area contributed by atoms with Crippen LogP contribution < -0.4 is 10.2 Å². The molecule has 0 unspecified atom stereocenters. The summed E-state index contributed by atoms with van der Waals surface area (Å²) in [6.45, 7) is 0.305. The first-order chi connectivity index (χ1) is 18.1. The predicted octanol–water partition coefficient (Wildman–Crippen LogP) is 7.66. The number of nitrogens with zero attached hydrogens (tertiary/aromatic N) is 2. The molecule has 0 aliphatic heterocycles. The van der Waals surface area contributed by atoms with E-state index in [2.05, 4.69) is 26.5 Å². The molecule has 0 saturated heterocycles. The van der Waals surface area contributed by atoms with Gasteiger partial charge in [-0.2, -0.15) is 5.10 Å². The number of fused-ring (bicyclic) bond motifs is 1. The Morgan fingerprint density at radius 1 is 0.946 bits per heavy atom. The minimum Gasteiger partial charge on any atom is -0.488 e. The van der Waals surface area contributed by atoms with Gasteiger partial charge < -0.3 is 4.74 Å². The highest BCUT2D eigenvalue weighted by Gasteiger charge is 2.14. The van der Waals surface area contributed by atoms with Gasteiger partial charge in [0.05, 0.1) is 23.0 Å². The van der Waals surface area contributed by atoms with Crippen molar-refractivity contribution in [2.75, 3.05) is 0 Å². The molecule has 4 aromatic carbocycles. The van der Waals surface area contributed by atoms with E-state index in [-0.39, 0.29) is 5.91 Å². The van der Waals surface area contributed by atoms with Gasteiger partial charge in [0.25, 0.3) is 5.91 Å². The zero-order valence-corrected chi connectivity index (χ0v) is 21.9. The van der Waals surface area contributed by atoms with Crippen molar-refractivity contribution in [2.24, 2.45) is 5.10 Å². The Bertz CT molecular complexity index is 1610. The Hall–Kier alpha value is -4.00. The average Bonchev–Trinajstić information content (AvgIpc) is 2.93. The summed E-state index contributed by atoms with van der Waals surface area (Å²) in [5.74, 6) is 0.280. The van der Waals surface area contributed by atoms with Crippen LogP contribution in [-0.2, 0) is 6.61 Å². The molecule has 7 heteroatoms. The standard InChI is InChI=1S/C30H21BrClN3O2/c31-23-14-15-29(37-19-21-10-4-6-12-26(21)32)22(16-23)18-33-35-30(36)25-17-28(20-8-2-1-3-9-20)34-27-13-7-5-11-24(25)27/h1-18H,19H2,(H,35,36)/b33-18+. The van der Waals surface area contributed by atoms with Gasteiger partial charge in [-0.05, 0) is 36.4 Å². The summed E-state index contributed by atoms with van der Waals surface area (Å²) in [6, 6.07) is 32.2. The molecule has 37 heavy (non-hydrogen) atoms. The second-order valence-electron chi connectivity index (χ2n) is 8.20. The number of hydrazone groups is 1. The van der Waals surface area contributed by atoms with E-state index in [4.69, 9.17) is 21.3 Å². The Morgan fingerprint density at radius 2 is 1.70 bits per heavy atom. The molecule has 0 bridgehead atoms. The molecule has 0 saturated carbocycles. The van der Waals surface area contributed by atoms with E-state index in [9.17, 15) is 4.79 Å². The van der Waals surface area contributed by atoms with Crippen LogP contribution in [0.2, 0.25) is 5.02 Å². The number of carbonyl (C=O) groups is 1. The van der Waals surface area contributed by atoms with E-state index in [1.807, 2.05) is 97.1 Å². The van der Waals surface area contributed by atoms with Crippen molar-refractivity contribution in [3.05, 3.63) is 129 Å². The normalized spacial score (nSPS) is 11.1. The maximum absolute atomic E-state index is 13.2. The molecule has 0 fully saturated rings. The van der Waals surface area contributed by atoms with Crippen molar-refractivity contribution in [3.63, 3.8) is 0 Å². The summed E-state index contributed by atoms with van der Waals surface area (Å²) in [4.78, 5) is 18.0. The number of rotatable bonds is 7. The molecule has 0 aliphatic carbocycles. The van der Waals surface area contributed by atoms with Crippen LogP contribution in [0.3, 0.4) is 0 Å². The van der Waals surface area contributed by atoms with Gasteiger partial charge in [-0.25, -0.2) is 10.4 Å². The predicted molar refractivity (Wildman–Crippen MR) is 152 cm³/mol. The zero-order chi connectivity index (χ0) is 25.6. The first-order valence-corrected chi connectivity index (χ1v) is 12.7. The SMILES string of the molecule is O=C(N/N=C/c1cc(Br)ccc1OCc1ccccc1Cl)c1cc(-c2ccccc2)nc2ccccc12. The molecule has 5 nitrogen and oxygen atoms in total. The second-order valence-corrected chi connectivity index (χ2v) is 9.52. The van der Waals surface area contributed by atoms with Crippen LogP contribution in [0.25, 0.3) is 22.2 Å². The Balaban J connectivity index is 1.38. The third-order valence-electron chi connectivity index (χ3n) is 5.71. The van der Waals surface area contributed by atoms with Gasteiger partial charge >= 0.3 is 0 Å². The number of halogens is 2. The lowest BCUT2D eigenvalue weighted by atomic mass is 10.0. The molecular formula is C30H21BrClN3O2. The molecule has 1 aromatic heterocycles. The van der Waals surface area contributed by atoms with E-state index in [1.54, 1.807) is 12.3 Å². The number of benzene rings is 4. The summed E-state index contributed by atoms with van der Waals surface area (Å²) in [6.07, 6.45) is 1.56. The highest BCUT2D eigenvalue weighted by Crippen LogP contribution is 2.26. The third-order valence-corrected chi connectivity index (χ3v) is 6.57. The monoisotopic (exact) mass is 569 g/mol. The fourth-order valence-electron chi connectivity index (χ4n) is 3.86. The van der Waals surface area contributed by atoms with E-state index >= 15 is 0 Å². The number of carbonyl (C=O) groups excluding carboxylic acids is 1. The van der Waals surface area contributed by atoms with Gasteiger partial charge in [-0.1, -0.05) is 94.3 Å². The van der Waals surface area contributed by atoms with Crippen LogP contribution in [0.4, 0.5) is 0 Å². The Morgan fingerprint density at radius 3 is 2.54 bits per heavy atom. The molecule has 0 aliphatic rings. The molecule has 0 spiro atoms. The molecule has 5 rings (SSSR count). The van der Waals surface area contributed by atoms with Gasteiger partial charge in [-0.15, -0.1) is 0 Å². The fraction of sp³-hybridized carbons (Fsp3) is 0.0333. The minimum absolute atomic E-state index is 0.305. The van der Waals surface area contributed by atoms with Crippen molar-refractivity contribution in [1.82, 2.24) is 10.4 Å². The molecule has 5 aromatic rings. The van der Waals surface area contributed by atoms with Crippen LogP contribution in [0.5, 0.6) is 5.75 Å². The summed E-state index contributed by atoms with van der Waals surface area (Å²) < 4.78 is 6.87. The Kier molecular flexibility index (Phi) is 7.59. The van der Waals surface area contributed by atoms with E-state index in [1.165, 1.54) is 0 Å². The fourth-order valence-corrected chi connectivity index (χ4v) is 4.43. The highest BCUT2D eigenvalue weighted by atomic mass is 79.9. The Labute approximate surface area is 227 Å². The van der Waals surface area contributed by atoms with Gasteiger partial charge in [0.2, 0.25) is 0 Å². The lowest BCUT2D eigenvalue weighted by Crippen LogP contribution is -2.18. The summed E-state index contributed by atoms with van der Waals surface area (Å²) >= 11 is 9.74. The quantitative estimate of drug-likeness (QED) is 0.161. The van der Waals surface area contributed by atoms with Crippen LogP contribution in [-0.4, -0.2) is 17.1 Å². The van der Waals surface area contributed by atoms with Crippen LogP contribution in [0, 0.1) is 0 Å². The average molecular weight is 571 g/mol. The number of ether oxygens (including phenoxy) is 1. The molecule has 1 N–H and O–H groups in total. The van der Waals surface area contributed by atoms with Gasteiger partial charge in [0.15, 0.2) is 0 Å². The number of hydrogen-bond acceptors (Lipinski definition) is 4. The molecule has 1 heterocycles. The van der Waals surface area contributed by atoms with Crippen molar-refractivity contribution in [1.29, 1.82) is 0 Å². The van der Waals surface area contributed by atoms with Crippen LogP contribution in [0.15, 0.2) is 113 Å². The largest absolute Gasteiger partial charge is 0.488 e. The van der Waals surface area contributed by atoms with E-state index in [0.717, 1.165) is 32.2 Å². The van der Waals surface area contributed by atoms with Gasteiger partial charge in [-0.3, -0.25) is 4.79 Å². The van der Waals surface area contributed by atoms with Crippen molar-refractivity contribution >= 4 is 50.6 Å². The van der Waals surface area contributed by atoms with Crippen molar-refractivity contribution in [3.8, 4) is 17.0 Å². The number of para-hydroxylation sites is 1. The number of nitrogens with one attached hydrogen (secondary N) is 1. The van der Waals surface area contributed by atoms with E-state index < -0.39 is 0 Å². The van der Waals surface area contributed by atoms with Crippen molar-refractivity contribution < 1.29 is 9.53 Å². The first kappa shape index (κ1) is 24.7. The zero-order valence-electron chi connectivity index (χ0n) is 19.6. The summed E-state index contributed by atoms with van der Waals surface area (Å²) in [5.41, 5.74) is 7.11. The van der Waals surface area contributed by atoms with Crippen LogP contribution >= 0.6 is 27.5 Å². The van der Waals surface area contributed by atoms with Gasteiger partial charge in [0, 0.05) is 31.6 Å². The van der Waals surface area contributed by atoms with Crippen molar-refractivity contribution in [2.45, 2.75) is 6.61 Å². The molecular weight excluding hydrogens is 550 g/mol.